The van der Waals surface area contributed by atoms with Crippen LogP contribution in [-0.4, -0.2) is 14.9 Å². The highest BCUT2D eigenvalue weighted by molar-refractivity contribution is 9.10. The van der Waals surface area contributed by atoms with E-state index in [-0.39, 0.29) is 5.82 Å². The number of aryl methyl sites for hydroxylation is 1. The van der Waals surface area contributed by atoms with Crippen molar-refractivity contribution < 1.29 is 9.50 Å². The van der Waals surface area contributed by atoms with Gasteiger partial charge in [-0.15, -0.1) is 0 Å². The van der Waals surface area contributed by atoms with Crippen LogP contribution in [0.25, 0.3) is 5.69 Å². The van der Waals surface area contributed by atoms with Crippen molar-refractivity contribution in [3.63, 3.8) is 0 Å². The number of hydrogen-bond donors (Lipinski definition) is 1. The summed E-state index contributed by atoms with van der Waals surface area (Å²) in [7, 11) is 0. The minimum Gasteiger partial charge on any atom is -0.381 e. The zero-order valence-corrected chi connectivity index (χ0v) is 16.4. The largest absolute Gasteiger partial charge is 0.381 e. The maximum Gasteiger partial charge on any atom is 0.123 e. The first-order chi connectivity index (χ1) is 11.7. The summed E-state index contributed by atoms with van der Waals surface area (Å²) in [6, 6.07) is 11.4. The Bertz CT molecular complexity index is 935. The van der Waals surface area contributed by atoms with Crippen molar-refractivity contribution in [2.75, 3.05) is 0 Å². The van der Waals surface area contributed by atoms with Gasteiger partial charge in [-0.05, 0) is 72.6 Å². The topological polar surface area (TPSA) is 38.0 Å². The van der Waals surface area contributed by atoms with Gasteiger partial charge in [0.15, 0.2) is 0 Å². The number of nitrogens with zero attached hydrogens (tertiary/aromatic N) is 2. The first-order valence-electron chi connectivity index (χ1n) is 7.72. The zero-order chi connectivity index (χ0) is 18.4. The van der Waals surface area contributed by atoms with Crippen LogP contribution in [0.15, 0.2) is 46.9 Å². The van der Waals surface area contributed by atoms with Gasteiger partial charge in [-0.3, -0.25) is 0 Å². The SMILES string of the molecule is Cc1nn(-c2ccc(Br)c(Cl)c2)c(C)c1C(C)(O)c1ccc(F)cc1. The molecule has 1 unspecified atom stereocenters. The second kappa shape index (κ2) is 6.56. The molecule has 130 valence electrons. The molecule has 0 saturated carbocycles. The van der Waals surface area contributed by atoms with Gasteiger partial charge >= 0.3 is 0 Å². The van der Waals surface area contributed by atoms with Crippen LogP contribution in [0.2, 0.25) is 5.02 Å². The Balaban J connectivity index is 2.13. The molecule has 0 bridgehead atoms. The molecule has 0 saturated heterocycles. The van der Waals surface area contributed by atoms with E-state index < -0.39 is 5.60 Å². The molecule has 1 N–H and O–H groups in total. The standard InChI is InChI=1S/C19H17BrClFN2O/c1-11-18(19(3,25)13-4-6-14(22)7-5-13)12(2)24(23-11)15-8-9-16(20)17(21)10-15/h4-10,25H,1-3H3. The molecule has 6 heteroatoms. The minimum absolute atomic E-state index is 0.340. The van der Waals surface area contributed by atoms with Crippen molar-refractivity contribution in [2.24, 2.45) is 0 Å². The Labute approximate surface area is 159 Å². The molecular weight excluding hydrogens is 407 g/mol. The van der Waals surface area contributed by atoms with E-state index in [1.165, 1.54) is 12.1 Å². The molecule has 0 fully saturated rings. The highest BCUT2D eigenvalue weighted by atomic mass is 79.9. The van der Waals surface area contributed by atoms with E-state index in [2.05, 4.69) is 21.0 Å². The fourth-order valence-corrected chi connectivity index (χ4v) is 3.56. The normalized spacial score (nSPS) is 13.7. The Morgan fingerprint density at radius 3 is 2.40 bits per heavy atom. The van der Waals surface area contributed by atoms with Crippen LogP contribution in [0.5, 0.6) is 0 Å². The highest BCUT2D eigenvalue weighted by Crippen LogP contribution is 2.35. The van der Waals surface area contributed by atoms with E-state index in [1.54, 1.807) is 23.7 Å². The van der Waals surface area contributed by atoms with Crippen LogP contribution >= 0.6 is 27.5 Å². The average Bonchev–Trinajstić information content (AvgIpc) is 2.85. The summed E-state index contributed by atoms with van der Waals surface area (Å²) in [4.78, 5) is 0. The van der Waals surface area contributed by atoms with Gasteiger partial charge in [-0.2, -0.15) is 5.10 Å². The molecule has 3 rings (SSSR count). The maximum absolute atomic E-state index is 13.2. The smallest absolute Gasteiger partial charge is 0.123 e. The van der Waals surface area contributed by atoms with Gasteiger partial charge < -0.3 is 5.11 Å². The average molecular weight is 424 g/mol. The second-order valence-electron chi connectivity index (χ2n) is 6.14. The van der Waals surface area contributed by atoms with Gasteiger partial charge in [0.2, 0.25) is 0 Å². The van der Waals surface area contributed by atoms with Crippen LogP contribution in [0.3, 0.4) is 0 Å². The fraction of sp³-hybridized carbons (Fsp3) is 0.211. The summed E-state index contributed by atoms with van der Waals surface area (Å²) in [5.41, 5.74) is 2.30. The van der Waals surface area contributed by atoms with Gasteiger partial charge in [0.1, 0.15) is 11.4 Å². The van der Waals surface area contributed by atoms with E-state index in [4.69, 9.17) is 11.6 Å². The van der Waals surface area contributed by atoms with Gasteiger partial charge in [-0.25, -0.2) is 9.07 Å². The molecular formula is C19H17BrClFN2O. The van der Waals surface area contributed by atoms with Crippen LogP contribution in [0.4, 0.5) is 4.39 Å². The lowest BCUT2D eigenvalue weighted by Gasteiger charge is -2.25. The van der Waals surface area contributed by atoms with Crippen molar-refractivity contribution in [1.29, 1.82) is 0 Å². The number of aliphatic hydroxyl groups is 1. The van der Waals surface area contributed by atoms with E-state index in [9.17, 15) is 9.50 Å². The number of halogens is 3. The predicted octanol–water partition coefficient (Wildman–Crippen LogP) is 5.30. The molecule has 0 aliphatic carbocycles. The van der Waals surface area contributed by atoms with Crippen molar-refractivity contribution >= 4 is 27.5 Å². The Morgan fingerprint density at radius 1 is 1.16 bits per heavy atom. The monoisotopic (exact) mass is 422 g/mol. The summed E-state index contributed by atoms with van der Waals surface area (Å²) in [6.45, 7) is 5.43. The predicted molar refractivity (Wildman–Crippen MR) is 101 cm³/mol. The van der Waals surface area contributed by atoms with Gasteiger partial charge in [0.05, 0.1) is 16.4 Å². The van der Waals surface area contributed by atoms with Gasteiger partial charge in [0.25, 0.3) is 0 Å². The summed E-state index contributed by atoms with van der Waals surface area (Å²) in [5, 5.41) is 16.3. The lowest BCUT2D eigenvalue weighted by Crippen LogP contribution is -2.24. The lowest BCUT2D eigenvalue weighted by molar-refractivity contribution is 0.101. The number of rotatable bonds is 3. The summed E-state index contributed by atoms with van der Waals surface area (Å²) in [6.07, 6.45) is 0. The van der Waals surface area contributed by atoms with Gasteiger partial charge in [0, 0.05) is 15.7 Å². The van der Waals surface area contributed by atoms with Crippen LogP contribution in [-0.2, 0) is 5.60 Å². The first-order valence-corrected chi connectivity index (χ1v) is 8.89. The van der Waals surface area contributed by atoms with Crippen molar-refractivity contribution in [2.45, 2.75) is 26.4 Å². The Morgan fingerprint density at radius 2 is 1.80 bits per heavy atom. The number of aromatic nitrogens is 2. The molecule has 3 aromatic rings. The van der Waals surface area contributed by atoms with Crippen LogP contribution in [0, 0.1) is 19.7 Å². The van der Waals surface area contributed by atoms with E-state index in [1.807, 2.05) is 32.0 Å². The Kier molecular flexibility index (Phi) is 4.75. The first kappa shape index (κ1) is 18.1. The van der Waals surface area contributed by atoms with Crippen molar-refractivity contribution in [1.82, 2.24) is 9.78 Å². The maximum atomic E-state index is 13.2. The summed E-state index contributed by atoms with van der Waals surface area (Å²) >= 11 is 9.57. The van der Waals surface area contributed by atoms with E-state index >= 15 is 0 Å². The van der Waals surface area contributed by atoms with E-state index in [0.717, 1.165) is 15.9 Å². The third-order valence-electron chi connectivity index (χ3n) is 4.33. The summed E-state index contributed by atoms with van der Waals surface area (Å²) < 4.78 is 15.8. The minimum atomic E-state index is -1.29. The molecule has 3 nitrogen and oxygen atoms in total. The summed E-state index contributed by atoms with van der Waals surface area (Å²) in [5.74, 6) is -0.340. The molecule has 1 atom stereocenters. The molecule has 1 heterocycles. The van der Waals surface area contributed by atoms with Crippen LogP contribution in [0.1, 0.15) is 29.4 Å². The molecule has 1 aromatic heterocycles. The highest BCUT2D eigenvalue weighted by Gasteiger charge is 2.32. The molecule has 0 amide bonds. The van der Waals surface area contributed by atoms with E-state index in [0.29, 0.717) is 21.8 Å². The zero-order valence-electron chi connectivity index (χ0n) is 14.0. The molecule has 25 heavy (non-hydrogen) atoms. The third kappa shape index (κ3) is 3.24. The Hall–Kier alpha value is -1.69. The van der Waals surface area contributed by atoms with Gasteiger partial charge in [-0.1, -0.05) is 23.7 Å². The molecule has 0 aliphatic rings. The fourth-order valence-electron chi connectivity index (χ4n) is 3.13. The third-order valence-corrected chi connectivity index (χ3v) is 5.56. The van der Waals surface area contributed by atoms with Crippen molar-refractivity contribution in [3.8, 4) is 5.69 Å². The van der Waals surface area contributed by atoms with Crippen LogP contribution < -0.4 is 0 Å². The second-order valence-corrected chi connectivity index (χ2v) is 7.40. The molecule has 0 radical (unpaired) electrons. The quantitative estimate of drug-likeness (QED) is 0.621. The number of benzene rings is 2. The molecule has 2 aromatic carbocycles. The molecule has 0 aliphatic heterocycles. The lowest BCUT2D eigenvalue weighted by atomic mass is 9.87. The van der Waals surface area contributed by atoms with Crippen molar-refractivity contribution in [3.05, 3.63) is 80.3 Å². The number of hydrogen-bond acceptors (Lipinski definition) is 2. The molecule has 0 spiro atoms.